The summed E-state index contributed by atoms with van der Waals surface area (Å²) in [6.45, 7) is 8.45. The molecular weight excluding hydrogens is 470 g/mol. The van der Waals surface area contributed by atoms with Crippen LogP contribution >= 0.6 is 0 Å². The number of aryl methyl sites for hydroxylation is 4. The lowest BCUT2D eigenvalue weighted by atomic mass is 10.0. The normalized spacial score (nSPS) is 11.6. The number of benzene rings is 3. The number of aromatic hydroxyl groups is 1. The smallest absolute Gasteiger partial charge is 0.220 e. The minimum absolute atomic E-state index is 0.190. The fraction of sp³-hybridized carbons (Fsp3) is 0.212. The molecule has 6 aromatic rings. The van der Waals surface area contributed by atoms with Crippen molar-refractivity contribution in [2.45, 2.75) is 47.0 Å². The molecule has 0 atom stereocenters. The van der Waals surface area contributed by atoms with Gasteiger partial charge in [0.15, 0.2) is 0 Å². The molecule has 0 aliphatic carbocycles. The van der Waals surface area contributed by atoms with Gasteiger partial charge in [-0.05, 0) is 84.8 Å². The Morgan fingerprint density at radius 2 is 1.63 bits per heavy atom. The maximum absolute atomic E-state index is 10.8. The lowest BCUT2D eigenvalue weighted by molar-refractivity contribution is 0.459. The van der Waals surface area contributed by atoms with E-state index in [9.17, 15) is 5.11 Å². The standard InChI is InChI=1S/C33H31N3O2/c1-5-21-15-26-22(6-2)18-31(35-33(26)29(37)16-21)38-24-17-23(7-3)32-25-10-8-9-11-27(25)36(28(32)19-24)30-14-20(4)12-13-34-30/h8-19,37H,5-7H2,1-4H3. The van der Waals surface area contributed by atoms with Gasteiger partial charge in [0, 0.05) is 34.5 Å². The third-order valence-corrected chi connectivity index (χ3v) is 7.37. The van der Waals surface area contributed by atoms with E-state index in [2.05, 4.69) is 80.8 Å². The van der Waals surface area contributed by atoms with Crippen LogP contribution in [0.4, 0.5) is 0 Å². The molecule has 0 fully saturated rings. The fourth-order valence-electron chi connectivity index (χ4n) is 5.46. The number of phenols is 1. The largest absolute Gasteiger partial charge is 0.506 e. The van der Waals surface area contributed by atoms with E-state index in [1.54, 1.807) is 6.07 Å². The van der Waals surface area contributed by atoms with Crippen LogP contribution in [0.2, 0.25) is 0 Å². The third kappa shape index (κ3) is 3.95. The Labute approximate surface area is 222 Å². The first-order valence-corrected chi connectivity index (χ1v) is 13.3. The molecule has 3 aromatic heterocycles. The Kier molecular flexibility index (Phi) is 5.99. The van der Waals surface area contributed by atoms with Crippen LogP contribution in [0, 0.1) is 6.92 Å². The summed E-state index contributed by atoms with van der Waals surface area (Å²) in [4.78, 5) is 9.45. The van der Waals surface area contributed by atoms with Crippen molar-refractivity contribution in [3.05, 3.63) is 95.2 Å². The minimum Gasteiger partial charge on any atom is -0.506 e. The molecule has 0 aliphatic heterocycles. The van der Waals surface area contributed by atoms with Crippen molar-refractivity contribution in [2.24, 2.45) is 0 Å². The van der Waals surface area contributed by atoms with Gasteiger partial charge in [-0.25, -0.2) is 9.97 Å². The minimum atomic E-state index is 0.190. The molecule has 6 rings (SSSR count). The molecule has 0 spiro atoms. The SMILES string of the molecule is CCc1cc(O)c2nc(Oc3cc(CC)c4c5ccccc5n(-c5cc(C)ccn5)c4c3)cc(CC)c2c1. The quantitative estimate of drug-likeness (QED) is 0.250. The van der Waals surface area contributed by atoms with Gasteiger partial charge in [-0.15, -0.1) is 0 Å². The Bertz CT molecular complexity index is 1830. The van der Waals surface area contributed by atoms with E-state index in [0.29, 0.717) is 17.1 Å². The maximum Gasteiger partial charge on any atom is 0.220 e. The van der Waals surface area contributed by atoms with Crippen LogP contribution < -0.4 is 4.74 Å². The molecular formula is C33H31N3O2. The molecule has 5 heteroatoms. The summed E-state index contributed by atoms with van der Waals surface area (Å²) in [6, 6.07) is 22.7. The third-order valence-electron chi connectivity index (χ3n) is 7.37. The van der Waals surface area contributed by atoms with Crippen molar-refractivity contribution in [3.8, 4) is 23.2 Å². The van der Waals surface area contributed by atoms with Crippen molar-refractivity contribution < 1.29 is 9.84 Å². The van der Waals surface area contributed by atoms with Crippen LogP contribution in [0.3, 0.4) is 0 Å². The Hall–Kier alpha value is -4.38. The van der Waals surface area contributed by atoms with Crippen molar-refractivity contribution in [2.75, 3.05) is 0 Å². The predicted octanol–water partition coefficient (Wildman–Crippen LogP) is 8.22. The second kappa shape index (κ2) is 9.49. The van der Waals surface area contributed by atoms with Crippen molar-refractivity contribution in [1.29, 1.82) is 0 Å². The number of ether oxygens (including phenoxy) is 1. The van der Waals surface area contributed by atoms with Crippen molar-refractivity contribution in [1.82, 2.24) is 14.5 Å². The van der Waals surface area contributed by atoms with Gasteiger partial charge in [0.2, 0.25) is 5.88 Å². The van der Waals surface area contributed by atoms with E-state index in [1.165, 1.54) is 16.3 Å². The molecule has 0 radical (unpaired) electrons. The highest BCUT2D eigenvalue weighted by Gasteiger charge is 2.18. The second-order valence-corrected chi connectivity index (χ2v) is 9.81. The summed E-state index contributed by atoms with van der Waals surface area (Å²) in [5.74, 6) is 2.26. The number of para-hydroxylation sites is 1. The summed E-state index contributed by atoms with van der Waals surface area (Å²) >= 11 is 0. The highest BCUT2D eigenvalue weighted by Crippen LogP contribution is 2.38. The highest BCUT2D eigenvalue weighted by molar-refractivity contribution is 6.11. The highest BCUT2D eigenvalue weighted by atomic mass is 16.5. The van der Waals surface area contributed by atoms with Gasteiger partial charge in [0.05, 0.1) is 11.0 Å². The molecule has 0 amide bonds. The molecule has 0 saturated heterocycles. The maximum atomic E-state index is 10.8. The first kappa shape index (κ1) is 24.0. The molecule has 0 aliphatic rings. The molecule has 3 heterocycles. The van der Waals surface area contributed by atoms with Crippen LogP contribution in [0.15, 0.2) is 72.9 Å². The van der Waals surface area contributed by atoms with Crippen molar-refractivity contribution in [3.63, 3.8) is 0 Å². The molecule has 0 bridgehead atoms. The van der Waals surface area contributed by atoms with Crippen LogP contribution in [-0.2, 0) is 19.3 Å². The predicted molar refractivity (Wildman–Crippen MR) is 155 cm³/mol. The van der Waals surface area contributed by atoms with E-state index in [1.807, 2.05) is 18.3 Å². The molecule has 0 unspecified atom stereocenters. The number of hydrogen-bond donors (Lipinski definition) is 1. The molecule has 3 aromatic carbocycles. The molecule has 38 heavy (non-hydrogen) atoms. The Balaban J connectivity index is 1.56. The molecule has 1 N–H and O–H groups in total. The summed E-state index contributed by atoms with van der Waals surface area (Å²) < 4.78 is 8.66. The first-order valence-electron chi connectivity index (χ1n) is 13.3. The molecule has 5 nitrogen and oxygen atoms in total. The number of pyridine rings is 2. The van der Waals surface area contributed by atoms with Crippen LogP contribution in [0.1, 0.15) is 43.0 Å². The topological polar surface area (TPSA) is 60.2 Å². The summed E-state index contributed by atoms with van der Waals surface area (Å²) in [7, 11) is 0. The average Bonchev–Trinajstić information content (AvgIpc) is 3.26. The van der Waals surface area contributed by atoms with Gasteiger partial charge in [-0.2, -0.15) is 0 Å². The summed E-state index contributed by atoms with van der Waals surface area (Å²) in [6.07, 6.45) is 4.38. The summed E-state index contributed by atoms with van der Waals surface area (Å²) in [5, 5.41) is 14.1. The van der Waals surface area contributed by atoms with E-state index >= 15 is 0 Å². The van der Waals surface area contributed by atoms with Crippen molar-refractivity contribution >= 4 is 32.7 Å². The fourth-order valence-corrected chi connectivity index (χ4v) is 5.46. The van der Waals surface area contributed by atoms with Crippen LogP contribution in [0.5, 0.6) is 17.4 Å². The van der Waals surface area contributed by atoms with Crippen LogP contribution in [0.25, 0.3) is 38.5 Å². The van der Waals surface area contributed by atoms with E-state index < -0.39 is 0 Å². The monoisotopic (exact) mass is 501 g/mol. The second-order valence-electron chi connectivity index (χ2n) is 9.81. The van der Waals surface area contributed by atoms with Gasteiger partial charge < -0.3 is 9.84 Å². The Morgan fingerprint density at radius 3 is 2.39 bits per heavy atom. The van der Waals surface area contributed by atoms with Crippen LogP contribution in [-0.4, -0.2) is 19.6 Å². The zero-order chi connectivity index (χ0) is 26.4. The van der Waals surface area contributed by atoms with Gasteiger partial charge >= 0.3 is 0 Å². The summed E-state index contributed by atoms with van der Waals surface area (Å²) in [5.41, 5.74) is 7.29. The first-order chi connectivity index (χ1) is 18.5. The zero-order valence-corrected chi connectivity index (χ0v) is 22.2. The van der Waals surface area contributed by atoms with E-state index in [-0.39, 0.29) is 5.75 Å². The zero-order valence-electron chi connectivity index (χ0n) is 22.2. The number of hydrogen-bond acceptors (Lipinski definition) is 4. The lowest BCUT2D eigenvalue weighted by Crippen LogP contribution is -1.99. The van der Waals surface area contributed by atoms with Gasteiger partial charge in [0.1, 0.15) is 22.8 Å². The lowest BCUT2D eigenvalue weighted by Gasteiger charge is -2.14. The number of nitrogens with zero attached hydrogens (tertiary/aromatic N) is 3. The Morgan fingerprint density at radius 1 is 0.816 bits per heavy atom. The number of phenolic OH excluding ortho intramolecular Hbond substituents is 1. The molecule has 0 saturated carbocycles. The molecule has 190 valence electrons. The van der Waals surface area contributed by atoms with Gasteiger partial charge in [-0.1, -0.05) is 39.0 Å². The number of rotatable bonds is 6. The number of aromatic nitrogens is 3. The average molecular weight is 502 g/mol. The van der Waals surface area contributed by atoms with Gasteiger partial charge in [-0.3, -0.25) is 4.57 Å². The van der Waals surface area contributed by atoms with E-state index in [0.717, 1.165) is 58.2 Å². The number of fused-ring (bicyclic) bond motifs is 4. The van der Waals surface area contributed by atoms with E-state index in [4.69, 9.17) is 14.7 Å². The van der Waals surface area contributed by atoms with Gasteiger partial charge in [0.25, 0.3) is 0 Å².